The summed E-state index contributed by atoms with van der Waals surface area (Å²) in [7, 11) is 0. The fourth-order valence-electron chi connectivity index (χ4n) is 8.62. The van der Waals surface area contributed by atoms with E-state index in [0.717, 1.165) is 22.7 Å². The average molecular weight is 653 g/mol. The molecule has 1 aromatic heterocycles. The van der Waals surface area contributed by atoms with Crippen molar-refractivity contribution >= 4 is 49.6 Å². The predicted octanol–water partition coefficient (Wildman–Crippen LogP) is 13.4. The third-order valence-electron chi connectivity index (χ3n) is 10.9. The topological polar surface area (TPSA) is 8.17 Å². The Kier molecular flexibility index (Phi) is 6.56. The van der Waals surface area contributed by atoms with E-state index in [9.17, 15) is 0 Å². The number of hydrogen-bond donors (Lipinski definition) is 0. The summed E-state index contributed by atoms with van der Waals surface area (Å²) >= 11 is 0. The number of hydrogen-bond acceptors (Lipinski definition) is 1. The van der Waals surface area contributed by atoms with E-state index in [2.05, 4.69) is 205 Å². The van der Waals surface area contributed by atoms with Crippen molar-refractivity contribution < 1.29 is 0 Å². The van der Waals surface area contributed by atoms with Crippen LogP contribution >= 0.6 is 0 Å². The maximum atomic E-state index is 2.49. The van der Waals surface area contributed by atoms with Crippen LogP contribution in [0.2, 0.25) is 0 Å². The molecule has 0 amide bonds. The Balaban J connectivity index is 1.37. The lowest BCUT2D eigenvalue weighted by atomic mass is 9.82. The van der Waals surface area contributed by atoms with E-state index in [0.29, 0.717) is 0 Å². The number of anilines is 3. The SMILES string of the molecule is CC1(C)c2ccccc2-c2ccc(N(c3ccccc3)c3cc4ccccc4c4c3c3c(-c5ccccc5)cccc3n4-c3ccccc3)cc21. The van der Waals surface area contributed by atoms with Gasteiger partial charge in [-0.1, -0.05) is 147 Å². The van der Waals surface area contributed by atoms with E-state index >= 15 is 0 Å². The quantitative estimate of drug-likeness (QED) is 0.180. The van der Waals surface area contributed by atoms with Gasteiger partial charge in [0.05, 0.1) is 16.7 Å². The minimum atomic E-state index is -0.118. The van der Waals surface area contributed by atoms with E-state index in [-0.39, 0.29) is 5.41 Å². The molecule has 2 nitrogen and oxygen atoms in total. The normalized spacial score (nSPS) is 13.1. The molecule has 2 heteroatoms. The lowest BCUT2D eigenvalue weighted by Crippen LogP contribution is -2.16. The Morgan fingerprint density at radius 3 is 1.92 bits per heavy atom. The average Bonchev–Trinajstić information content (AvgIpc) is 3.66. The van der Waals surface area contributed by atoms with Crippen LogP contribution in [0, 0.1) is 0 Å². The molecule has 0 fully saturated rings. The van der Waals surface area contributed by atoms with Crippen LogP contribution in [-0.4, -0.2) is 4.57 Å². The number of aromatic nitrogens is 1. The second kappa shape index (κ2) is 11.3. The monoisotopic (exact) mass is 652 g/mol. The summed E-state index contributed by atoms with van der Waals surface area (Å²) in [6.07, 6.45) is 0. The van der Waals surface area contributed by atoms with Gasteiger partial charge in [0, 0.05) is 38.6 Å². The standard InChI is InChI=1S/C49H36N2/c1-49(2)42-27-15-14-25-40(42)41-30-29-37(32-43(41)49)50(35-20-8-4-9-21-35)45-31-34-19-12-13-24-39(34)48-47(45)46-38(33-17-6-3-7-18-33)26-16-28-44(46)51(48)36-22-10-5-11-23-36/h3-32H,1-2H3. The molecule has 0 radical (unpaired) electrons. The number of benzene rings is 8. The zero-order chi connectivity index (χ0) is 34.1. The van der Waals surface area contributed by atoms with Gasteiger partial charge < -0.3 is 9.47 Å². The summed E-state index contributed by atoms with van der Waals surface area (Å²) in [6.45, 7) is 4.73. The van der Waals surface area contributed by atoms with E-state index in [1.54, 1.807) is 0 Å². The van der Waals surface area contributed by atoms with Crippen LogP contribution in [0.25, 0.3) is 60.5 Å². The molecule has 51 heavy (non-hydrogen) atoms. The highest BCUT2D eigenvalue weighted by Gasteiger charge is 2.36. The van der Waals surface area contributed by atoms with Crippen LogP contribution in [0.3, 0.4) is 0 Å². The summed E-state index contributed by atoms with van der Waals surface area (Å²) in [5.41, 5.74) is 14.7. The molecule has 9 aromatic rings. The van der Waals surface area contributed by atoms with Gasteiger partial charge in [-0.3, -0.25) is 0 Å². The Bertz CT molecular complexity index is 2760. The van der Waals surface area contributed by atoms with Gasteiger partial charge in [-0.05, 0) is 87.3 Å². The van der Waals surface area contributed by atoms with Crippen molar-refractivity contribution in [2.45, 2.75) is 19.3 Å². The zero-order valence-corrected chi connectivity index (χ0v) is 28.7. The molecular weight excluding hydrogens is 617 g/mol. The van der Waals surface area contributed by atoms with E-state index in [1.165, 1.54) is 66.0 Å². The first-order chi connectivity index (χ1) is 25.1. The first kappa shape index (κ1) is 29.5. The molecule has 0 spiro atoms. The molecule has 1 aliphatic carbocycles. The van der Waals surface area contributed by atoms with Crippen molar-refractivity contribution in [2.75, 3.05) is 4.90 Å². The Morgan fingerprint density at radius 2 is 1.12 bits per heavy atom. The molecule has 0 unspecified atom stereocenters. The van der Waals surface area contributed by atoms with E-state index in [4.69, 9.17) is 0 Å². The molecule has 0 saturated carbocycles. The summed E-state index contributed by atoms with van der Waals surface area (Å²) in [5.74, 6) is 0. The van der Waals surface area contributed by atoms with Crippen molar-refractivity contribution in [1.29, 1.82) is 0 Å². The summed E-state index contributed by atoms with van der Waals surface area (Å²) in [6, 6.07) is 66.6. The summed E-state index contributed by atoms with van der Waals surface area (Å²) in [4.78, 5) is 2.49. The maximum Gasteiger partial charge on any atom is 0.0640 e. The van der Waals surface area contributed by atoms with Crippen molar-refractivity contribution in [3.8, 4) is 27.9 Å². The van der Waals surface area contributed by atoms with Gasteiger partial charge in [0.2, 0.25) is 0 Å². The van der Waals surface area contributed by atoms with Gasteiger partial charge in [-0.2, -0.15) is 0 Å². The molecule has 0 aliphatic heterocycles. The minimum absolute atomic E-state index is 0.118. The predicted molar refractivity (Wildman–Crippen MR) is 216 cm³/mol. The number of para-hydroxylation sites is 2. The lowest BCUT2D eigenvalue weighted by molar-refractivity contribution is 0.660. The van der Waals surface area contributed by atoms with Crippen molar-refractivity contribution in [3.05, 3.63) is 193 Å². The maximum absolute atomic E-state index is 2.49. The smallest absolute Gasteiger partial charge is 0.0640 e. The molecule has 0 atom stereocenters. The fraction of sp³-hybridized carbons (Fsp3) is 0.0612. The highest BCUT2D eigenvalue weighted by atomic mass is 15.1. The Morgan fingerprint density at radius 1 is 0.471 bits per heavy atom. The van der Waals surface area contributed by atoms with E-state index in [1.807, 2.05) is 0 Å². The first-order valence-corrected chi connectivity index (χ1v) is 17.8. The van der Waals surface area contributed by atoms with Crippen molar-refractivity contribution in [2.24, 2.45) is 0 Å². The molecule has 0 saturated heterocycles. The fourth-order valence-corrected chi connectivity index (χ4v) is 8.62. The first-order valence-electron chi connectivity index (χ1n) is 17.8. The number of nitrogens with zero attached hydrogens (tertiary/aromatic N) is 2. The molecular formula is C49H36N2. The summed E-state index contributed by atoms with van der Waals surface area (Å²) < 4.78 is 2.48. The minimum Gasteiger partial charge on any atom is -0.310 e. The van der Waals surface area contributed by atoms with Crippen LogP contribution in [-0.2, 0) is 5.41 Å². The van der Waals surface area contributed by atoms with Crippen LogP contribution in [0.5, 0.6) is 0 Å². The van der Waals surface area contributed by atoms with Crippen LogP contribution in [0.15, 0.2) is 182 Å². The lowest BCUT2D eigenvalue weighted by Gasteiger charge is -2.29. The number of rotatable bonds is 5. The highest BCUT2D eigenvalue weighted by molar-refractivity contribution is 6.27. The zero-order valence-electron chi connectivity index (χ0n) is 28.7. The van der Waals surface area contributed by atoms with Gasteiger partial charge in [-0.15, -0.1) is 0 Å². The van der Waals surface area contributed by atoms with Crippen LogP contribution in [0.1, 0.15) is 25.0 Å². The summed E-state index contributed by atoms with van der Waals surface area (Å²) in [5, 5.41) is 4.92. The molecule has 1 aliphatic rings. The molecule has 0 bridgehead atoms. The van der Waals surface area contributed by atoms with Crippen LogP contribution < -0.4 is 4.90 Å². The van der Waals surface area contributed by atoms with Gasteiger partial charge in [0.1, 0.15) is 0 Å². The largest absolute Gasteiger partial charge is 0.310 e. The molecule has 8 aromatic carbocycles. The second-order valence-corrected chi connectivity index (χ2v) is 14.1. The van der Waals surface area contributed by atoms with Crippen LogP contribution in [0.4, 0.5) is 17.1 Å². The number of fused-ring (bicyclic) bond motifs is 8. The Hall–Kier alpha value is -6.38. The molecule has 242 valence electrons. The van der Waals surface area contributed by atoms with E-state index < -0.39 is 0 Å². The van der Waals surface area contributed by atoms with Gasteiger partial charge in [0.25, 0.3) is 0 Å². The van der Waals surface area contributed by atoms with Gasteiger partial charge >= 0.3 is 0 Å². The third kappa shape index (κ3) is 4.43. The second-order valence-electron chi connectivity index (χ2n) is 14.1. The highest BCUT2D eigenvalue weighted by Crippen LogP contribution is 2.53. The van der Waals surface area contributed by atoms with Crippen molar-refractivity contribution in [3.63, 3.8) is 0 Å². The van der Waals surface area contributed by atoms with Gasteiger partial charge in [0.15, 0.2) is 0 Å². The molecule has 0 N–H and O–H groups in total. The Labute approximate surface area is 298 Å². The van der Waals surface area contributed by atoms with Crippen molar-refractivity contribution in [1.82, 2.24) is 4.57 Å². The molecule has 1 heterocycles. The van der Waals surface area contributed by atoms with Gasteiger partial charge in [-0.25, -0.2) is 0 Å². The third-order valence-corrected chi connectivity index (χ3v) is 10.9. The molecule has 10 rings (SSSR count).